The summed E-state index contributed by atoms with van der Waals surface area (Å²) < 4.78 is 6.50. The molecule has 0 atom stereocenters. The molecule has 2 rings (SSSR count). The van der Waals surface area contributed by atoms with Crippen molar-refractivity contribution in [1.29, 1.82) is 0 Å². The molecule has 1 aromatic heterocycles. The van der Waals surface area contributed by atoms with Gasteiger partial charge in [-0.25, -0.2) is 4.98 Å². The topological polar surface area (TPSA) is 34.1 Å². The van der Waals surface area contributed by atoms with Gasteiger partial charge in [0.1, 0.15) is 0 Å². The van der Waals surface area contributed by atoms with Crippen LogP contribution in [0.15, 0.2) is 53.1 Å². The fourth-order valence-corrected chi connectivity index (χ4v) is 1.88. The largest absolute Gasteiger partial charge is 0.478 e. The molecule has 100 valence electrons. The fraction of sp³-hybridized carbons (Fsp3) is 0.267. The maximum absolute atomic E-state index is 5.54. The summed E-state index contributed by atoms with van der Waals surface area (Å²) >= 11 is 3.34. The van der Waals surface area contributed by atoms with E-state index < -0.39 is 0 Å². The van der Waals surface area contributed by atoms with Crippen molar-refractivity contribution in [2.24, 2.45) is 0 Å². The van der Waals surface area contributed by atoms with Gasteiger partial charge in [-0.2, -0.15) is 0 Å². The summed E-state index contributed by atoms with van der Waals surface area (Å²) in [6.07, 6.45) is 2.70. The molecule has 0 bridgehead atoms. The number of nitrogens with one attached hydrogen (secondary N) is 1. The van der Waals surface area contributed by atoms with Gasteiger partial charge in [0.05, 0.1) is 6.61 Å². The summed E-state index contributed by atoms with van der Waals surface area (Å²) in [6.45, 7) is 2.51. The number of benzene rings is 1. The van der Waals surface area contributed by atoms with Crippen LogP contribution in [0.2, 0.25) is 0 Å². The zero-order chi connectivity index (χ0) is 13.3. The minimum Gasteiger partial charge on any atom is -0.478 e. The van der Waals surface area contributed by atoms with E-state index >= 15 is 0 Å². The maximum Gasteiger partial charge on any atom is 0.213 e. The van der Waals surface area contributed by atoms with Gasteiger partial charge in [-0.3, -0.25) is 0 Å². The third-order valence-electron chi connectivity index (χ3n) is 2.62. The zero-order valence-electron chi connectivity index (χ0n) is 10.7. The highest BCUT2D eigenvalue weighted by molar-refractivity contribution is 9.10. The van der Waals surface area contributed by atoms with Gasteiger partial charge in [0.25, 0.3) is 0 Å². The number of hydrogen-bond acceptors (Lipinski definition) is 3. The summed E-state index contributed by atoms with van der Waals surface area (Å²) in [4.78, 5) is 4.15. The highest BCUT2D eigenvalue weighted by atomic mass is 79.9. The predicted molar refractivity (Wildman–Crippen MR) is 80.2 cm³/mol. The highest BCUT2D eigenvalue weighted by Gasteiger charge is 1.95. The van der Waals surface area contributed by atoms with Crippen LogP contribution >= 0.6 is 15.9 Å². The fourth-order valence-electron chi connectivity index (χ4n) is 1.65. The molecule has 2 aromatic rings. The summed E-state index contributed by atoms with van der Waals surface area (Å²) in [5.41, 5.74) is 1.30. The molecule has 0 aliphatic carbocycles. The Labute approximate surface area is 122 Å². The Morgan fingerprint density at radius 3 is 2.68 bits per heavy atom. The van der Waals surface area contributed by atoms with Gasteiger partial charge in [-0.1, -0.05) is 30.3 Å². The zero-order valence-corrected chi connectivity index (χ0v) is 12.3. The lowest BCUT2D eigenvalue weighted by Crippen LogP contribution is -2.17. The van der Waals surface area contributed by atoms with Crippen molar-refractivity contribution < 1.29 is 4.74 Å². The second-order valence-corrected chi connectivity index (χ2v) is 5.09. The molecule has 0 saturated heterocycles. The first-order valence-electron chi connectivity index (χ1n) is 6.33. The van der Waals surface area contributed by atoms with E-state index in [1.165, 1.54) is 5.56 Å². The van der Waals surface area contributed by atoms with Crippen LogP contribution in [0.25, 0.3) is 0 Å². The van der Waals surface area contributed by atoms with Crippen molar-refractivity contribution in [3.8, 4) is 5.88 Å². The molecule has 1 aromatic carbocycles. The number of nitrogens with zero attached hydrogens (tertiary/aromatic N) is 1. The summed E-state index contributed by atoms with van der Waals surface area (Å²) in [6, 6.07) is 14.2. The monoisotopic (exact) mass is 320 g/mol. The average molecular weight is 321 g/mol. The minimum absolute atomic E-state index is 0.672. The second kappa shape index (κ2) is 7.92. The van der Waals surface area contributed by atoms with E-state index in [2.05, 4.69) is 50.5 Å². The van der Waals surface area contributed by atoms with Gasteiger partial charge in [-0.15, -0.1) is 0 Å². The van der Waals surface area contributed by atoms with Crippen molar-refractivity contribution in [2.75, 3.05) is 13.2 Å². The van der Waals surface area contributed by atoms with E-state index in [0.29, 0.717) is 12.5 Å². The summed E-state index contributed by atoms with van der Waals surface area (Å²) in [5, 5.41) is 3.39. The molecule has 0 spiro atoms. The minimum atomic E-state index is 0.672. The van der Waals surface area contributed by atoms with Crippen LogP contribution in [0.4, 0.5) is 0 Å². The molecule has 0 fully saturated rings. The van der Waals surface area contributed by atoms with Gasteiger partial charge in [0.15, 0.2) is 0 Å². The standard InChI is InChI=1S/C15H17BrN2O/c16-14-7-8-15(18-12-14)19-10-4-9-17-11-13-5-2-1-3-6-13/h1-3,5-8,12,17H,4,9-11H2. The first kappa shape index (κ1) is 14.0. The number of aromatic nitrogens is 1. The van der Waals surface area contributed by atoms with Crippen LogP contribution in [0, 0.1) is 0 Å². The molecule has 3 nitrogen and oxygen atoms in total. The lowest BCUT2D eigenvalue weighted by molar-refractivity contribution is 0.296. The first-order valence-corrected chi connectivity index (χ1v) is 7.13. The van der Waals surface area contributed by atoms with E-state index in [1.54, 1.807) is 6.20 Å². The average Bonchev–Trinajstić information content (AvgIpc) is 2.46. The summed E-state index contributed by atoms with van der Waals surface area (Å²) in [5.74, 6) is 0.672. The van der Waals surface area contributed by atoms with Crippen LogP contribution in [-0.4, -0.2) is 18.1 Å². The highest BCUT2D eigenvalue weighted by Crippen LogP contribution is 2.12. The molecule has 1 heterocycles. The first-order chi connectivity index (χ1) is 9.34. The predicted octanol–water partition coefficient (Wildman–Crippen LogP) is 3.40. The Hall–Kier alpha value is -1.39. The Morgan fingerprint density at radius 1 is 1.11 bits per heavy atom. The van der Waals surface area contributed by atoms with Crippen LogP contribution < -0.4 is 10.1 Å². The molecule has 4 heteroatoms. The molecule has 0 radical (unpaired) electrons. The van der Waals surface area contributed by atoms with E-state index in [0.717, 1.165) is 24.0 Å². The molecule has 0 unspecified atom stereocenters. The number of ether oxygens (including phenoxy) is 1. The Balaban J connectivity index is 1.56. The van der Waals surface area contributed by atoms with Crippen molar-refractivity contribution in [2.45, 2.75) is 13.0 Å². The van der Waals surface area contributed by atoms with Crippen LogP contribution in [0.3, 0.4) is 0 Å². The van der Waals surface area contributed by atoms with Crippen molar-refractivity contribution in [3.63, 3.8) is 0 Å². The van der Waals surface area contributed by atoms with Crippen molar-refractivity contribution >= 4 is 15.9 Å². The molecule has 0 saturated carbocycles. The van der Waals surface area contributed by atoms with E-state index in [9.17, 15) is 0 Å². The molecule has 19 heavy (non-hydrogen) atoms. The second-order valence-electron chi connectivity index (χ2n) is 4.18. The molecule has 0 aliphatic heterocycles. The van der Waals surface area contributed by atoms with Gasteiger partial charge in [0.2, 0.25) is 5.88 Å². The Bertz CT molecular complexity index is 473. The lowest BCUT2D eigenvalue weighted by atomic mass is 10.2. The normalized spacial score (nSPS) is 10.4. The van der Waals surface area contributed by atoms with E-state index in [1.807, 2.05) is 18.2 Å². The molecule has 0 amide bonds. The maximum atomic E-state index is 5.54. The molecule has 0 aliphatic rings. The summed E-state index contributed by atoms with van der Waals surface area (Å²) in [7, 11) is 0. The third-order valence-corrected chi connectivity index (χ3v) is 3.09. The quantitative estimate of drug-likeness (QED) is 0.794. The van der Waals surface area contributed by atoms with Crippen molar-refractivity contribution in [1.82, 2.24) is 10.3 Å². The van der Waals surface area contributed by atoms with Gasteiger partial charge in [0, 0.05) is 23.3 Å². The number of pyridine rings is 1. The van der Waals surface area contributed by atoms with Crippen LogP contribution in [-0.2, 0) is 6.54 Å². The van der Waals surface area contributed by atoms with Gasteiger partial charge >= 0.3 is 0 Å². The van der Waals surface area contributed by atoms with E-state index in [4.69, 9.17) is 4.74 Å². The number of hydrogen-bond donors (Lipinski definition) is 1. The van der Waals surface area contributed by atoms with Crippen LogP contribution in [0.5, 0.6) is 5.88 Å². The van der Waals surface area contributed by atoms with Gasteiger partial charge in [-0.05, 0) is 40.5 Å². The van der Waals surface area contributed by atoms with Gasteiger partial charge < -0.3 is 10.1 Å². The molecular formula is C15H17BrN2O. The van der Waals surface area contributed by atoms with Crippen molar-refractivity contribution in [3.05, 3.63) is 58.7 Å². The lowest BCUT2D eigenvalue weighted by Gasteiger charge is -2.06. The number of halogens is 1. The molecular weight excluding hydrogens is 304 g/mol. The Kier molecular flexibility index (Phi) is 5.85. The molecule has 1 N–H and O–H groups in total. The van der Waals surface area contributed by atoms with Crippen LogP contribution in [0.1, 0.15) is 12.0 Å². The number of rotatable bonds is 7. The SMILES string of the molecule is Brc1ccc(OCCCNCc2ccccc2)nc1. The van der Waals surface area contributed by atoms with E-state index in [-0.39, 0.29) is 0 Å². The Morgan fingerprint density at radius 2 is 1.95 bits per heavy atom. The smallest absolute Gasteiger partial charge is 0.213 e. The third kappa shape index (κ3) is 5.41.